The summed E-state index contributed by atoms with van der Waals surface area (Å²) in [7, 11) is 2.08. The van der Waals surface area contributed by atoms with Crippen LogP contribution in [0, 0.1) is 11.3 Å². The predicted octanol–water partition coefficient (Wildman–Crippen LogP) is 4.71. The average molecular weight is 628 g/mol. The summed E-state index contributed by atoms with van der Waals surface area (Å²) in [6, 6.07) is 7.34. The number of likely N-dealkylation sites (tertiary alicyclic amines) is 2. The summed E-state index contributed by atoms with van der Waals surface area (Å²) in [6.45, 7) is 17.7. The maximum Gasteiger partial charge on any atom is 0.245 e. The van der Waals surface area contributed by atoms with E-state index in [2.05, 4.69) is 56.4 Å². The Labute approximate surface area is 270 Å². The summed E-state index contributed by atoms with van der Waals surface area (Å²) in [4.78, 5) is 52.8. The van der Waals surface area contributed by atoms with Crippen LogP contribution in [0.25, 0.3) is 0 Å². The van der Waals surface area contributed by atoms with Gasteiger partial charge in [-0.3, -0.25) is 19.3 Å². The van der Waals surface area contributed by atoms with E-state index in [1.807, 2.05) is 34.1 Å². The van der Waals surface area contributed by atoms with Gasteiger partial charge in [0.15, 0.2) is 0 Å². The highest BCUT2D eigenvalue weighted by atomic mass is 35.5. The summed E-state index contributed by atoms with van der Waals surface area (Å²) in [6.07, 6.45) is 4.60. The summed E-state index contributed by atoms with van der Waals surface area (Å²) in [5.74, 6) is -0.144. The minimum absolute atomic E-state index is 0.00177. The molecule has 0 aromatic heterocycles. The van der Waals surface area contributed by atoms with Gasteiger partial charge in [-0.15, -0.1) is 0 Å². The fraction of sp³-hybridized carbons (Fsp3) is 0.743. The van der Waals surface area contributed by atoms with Crippen LogP contribution in [-0.4, -0.2) is 119 Å². The van der Waals surface area contributed by atoms with E-state index in [-0.39, 0.29) is 52.6 Å². The Balaban J connectivity index is 1.45. The molecule has 0 radical (unpaired) electrons. The van der Waals surface area contributed by atoms with Crippen molar-refractivity contribution in [2.24, 2.45) is 11.3 Å². The lowest BCUT2D eigenvalue weighted by Gasteiger charge is -2.42. The smallest absolute Gasteiger partial charge is 0.245 e. The molecule has 4 atom stereocenters. The zero-order valence-corrected chi connectivity index (χ0v) is 28.8. The van der Waals surface area contributed by atoms with Gasteiger partial charge in [-0.05, 0) is 83.0 Å². The van der Waals surface area contributed by atoms with Gasteiger partial charge in [0.25, 0.3) is 0 Å². The summed E-state index contributed by atoms with van der Waals surface area (Å²) >= 11 is 6.25. The molecule has 1 aliphatic carbocycles. The van der Waals surface area contributed by atoms with Gasteiger partial charge in [0.1, 0.15) is 6.04 Å². The Morgan fingerprint density at radius 1 is 0.886 bits per heavy atom. The molecular formula is C35H54ClN5O3. The van der Waals surface area contributed by atoms with Gasteiger partial charge in [0, 0.05) is 75.3 Å². The number of hydrogen-bond acceptors (Lipinski definition) is 5. The molecule has 4 aliphatic rings. The zero-order chi connectivity index (χ0) is 32.0. The van der Waals surface area contributed by atoms with Gasteiger partial charge >= 0.3 is 0 Å². The number of nitrogens with zero attached hydrogens (tertiary/aromatic N) is 5. The van der Waals surface area contributed by atoms with Crippen LogP contribution >= 0.6 is 11.6 Å². The van der Waals surface area contributed by atoms with E-state index in [1.165, 1.54) is 0 Å². The Bertz CT molecular complexity index is 1200. The molecule has 0 bridgehead atoms. The van der Waals surface area contributed by atoms with Crippen molar-refractivity contribution in [3.63, 3.8) is 0 Å². The molecule has 4 fully saturated rings. The third kappa shape index (κ3) is 7.13. The first-order chi connectivity index (χ1) is 20.6. The van der Waals surface area contributed by atoms with Crippen LogP contribution in [0.1, 0.15) is 85.1 Å². The molecule has 1 saturated carbocycles. The third-order valence-corrected chi connectivity index (χ3v) is 11.3. The Hall–Kier alpha value is -2.16. The summed E-state index contributed by atoms with van der Waals surface area (Å²) in [5.41, 5.74) is 1.30. The highest BCUT2D eigenvalue weighted by molar-refractivity contribution is 6.30. The molecule has 1 unspecified atom stereocenters. The first-order valence-electron chi connectivity index (χ1n) is 16.7. The highest BCUT2D eigenvalue weighted by Crippen LogP contribution is 2.41. The largest absolute Gasteiger partial charge is 0.338 e. The van der Waals surface area contributed by atoms with Crippen molar-refractivity contribution in [1.29, 1.82) is 0 Å². The van der Waals surface area contributed by atoms with E-state index in [4.69, 9.17) is 11.6 Å². The minimum atomic E-state index is -0.549. The second-order valence-electron chi connectivity index (χ2n) is 15.7. The van der Waals surface area contributed by atoms with E-state index in [0.717, 1.165) is 50.9 Å². The first kappa shape index (κ1) is 33.2. The number of carbonyl (C=O) groups excluding carboxylic acids is 3. The normalized spacial score (nSPS) is 28.8. The van der Waals surface area contributed by atoms with E-state index < -0.39 is 6.04 Å². The van der Waals surface area contributed by atoms with Crippen LogP contribution in [0.3, 0.4) is 0 Å². The van der Waals surface area contributed by atoms with E-state index in [0.29, 0.717) is 37.6 Å². The Morgan fingerprint density at radius 2 is 1.50 bits per heavy atom. The molecule has 1 aromatic rings. The summed E-state index contributed by atoms with van der Waals surface area (Å²) in [5, 5.41) is 0.679. The lowest BCUT2D eigenvalue weighted by Crippen LogP contribution is -2.54. The lowest BCUT2D eigenvalue weighted by molar-refractivity contribution is -0.147. The SMILES string of the molecule is CC(=O)N(C1CCC(C)(C)CC1)C1C[C@@H](C(=O)N2CCN(C)CC2)N(C(=O)[C@@H]2CN(C(C)(C)C)C[C@H]2c2ccc(Cl)cc2)C1. The third-order valence-electron chi connectivity index (χ3n) is 11.0. The van der Waals surface area contributed by atoms with Crippen LogP contribution in [0.5, 0.6) is 0 Å². The van der Waals surface area contributed by atoms with Gasteiger partial charge in [-0.1, -0.05) is 37.6 Å². The van der Waals surface area contributed by atoms with Crippen molar-refractivity contribution in [3.8, 4) is 0 Å². The second kappa shape index (κ2) is 12.9. The van der Waals surface area contributed by atoms with Gasteiger partial charge in [-0.2, -0.15) is 0 Å². The van der Waals surface area contributed by atoms with Crippen molar-refractivity contribution in [2.45, 2.75) is 103 Å². The van der Waals surface area contributed by atoms with Gasteiger partial charge < -0.3 is 19.6 Å². The van der Waals surface area contributed by atoms with Gasteiger partial charge in [-0.25, -0.2) is 0 Å². The minimum Gasteiger partial charge on any atom is -0.338 e. The number of benzene rings is 1. The van der Waals surface area contributed by atoms with E-state index in [1.54, 1.807) is 6.92 Å². The predicted molar refractivity (Wildman–Crippen MR) is 176 cm³/mol. The molecule has 44 heavy (non-hydrogen) atoms. The van der Waals surface area contributed by atoms with Crippen LogP contribution in [-0.2, 0) is 14.4 Å². The standard InChI is InChI=1S/C35H54ClN5O3/c1-24(42)41(27-12-14-35(5,6)15-13-27)28-20-31(33(44)38-18-16-37(7)17-19-38)40(21-28)32(43)30-23-39(34(2,3)4)22-29(30)25-8-10-26(36)11-9-25/h8-11,27-31H,12-23H2,1-7H3/t28?,29-,30+,31-/m0/s1. The second-order valence-corrected chi connectivity index (χ2v) is 16.1. The van der Waals surface area contributed by atoms with Crippen molar-refractivity contribution in [3.05, 3.63) is 34.9 Å². The molecule has 0 N–H and O–H groups in total. The molecule has 1 aromatic carbocycles. The van der Waals surface area contributed by atoms with Gasteiger partial charge in [0.05, 0.1) is 12.0 Å². The topological polar surface area (TPSA) is 67.4 Å². The molecule has 8 nitrogen and oxygen atoms in total. The first-order valence-corrected chi connectivity index (χ1v) is 17.1. The molecule has 3 heterocycles. The molecule has 3 aliphatic heterocycles. The van der Waals surface area contributed by atoms with Gasteiger partial charge in [0.2, 0.25) is 17.7 Å². The Morgan fingerprint density at radius 3 is 2.07 bits per heavy atom. The molecule has 244 valence electrons. The number of rotatable bonds is 5. The molecule has 0 spiro atoms. The Kier molecular flexibility index (Phi) is 9.75. The zero-order valence-electron chi connectivity index (χ0n) is 28.0. The fourth-order valence-electron chi connectivity index (χ4n) is 8.07. The number of hydrogen-bond donors (Lipinski definition) is 0. The van der Waals surface area contributed by atoms with Crippen molar-refractivity contribution in [2.75, 3.05) is 52.9 Å². The quantitative estimate of drug-likeness (QED) is 0.473. The number of piperazine rings is 1. The molecule has 5 rings (SSSR count). The fourth-order valence-corrected chi connectivity index (χ4v) is 8.19. The van der Waals surface area contributed by atoms with Crippen molar-refractivity contribution in [1.82, 2.24) is 24.5 Å². The number of likely N-dealkylation sites (N-methyl/N-ethyl adjacent to an activating group) is 1. The molecular weight excluding hydrogens is 574 g/mol. The molecule has 3 amide bonds. The number of amides is 3. The van der Waals surface area contributed by atoms with E-state index in [9.17, 15) is 14.4 Å². The van der Waals surface area contributed by atoms with Crippen LogP contribution in [0.2, 0.25) is 5.02 Å². The van der Waals surface area contributed by atoms with Crippen LogP contribution < -0.4 is 0 Å². The monoisotopic (exact) mass is 627 g/mol. The van der Waals surface area contributed by atoms with Crippen LogP contribution in [0.15, 0.2) is 24.3 Å². The van der Waals surface area contributed by atoms with E-state index >= 15 is 0 Å². The molecule has 9 heteroatoms. The summed E-state index contributed by atoms with van der Waals surface area (Å²) < 4.78 is 0. The van der Waals surface area contributed by atoms with Crippen LogP contribution in [0.4, 0.5) is 0 Å². The average Bonchev–Trinajstić information content (AvgIpc) is 3.60. The van der Waals surface area contributed by atoms with Crippen molar-refractivity contribution >= 4 is 29.3 Å². The molecule has 3 saturated heterocycles. The lowest BCUT2D eigenvalue weighted by atomic mass is 9.75. The maximum atomic E-state index is 14.8. The number of halogens is 1. The number of carbonyl (C=O) groups is 3. The van der Waals surface area contributed by atoms with Crippen molar-refractivity contribution < 1.29 is 14.4 Å². The highest BCUT2D eigenvalue weighted by Gasteiger charge is 2.50. The maximum absolute atomic E-state index is 14.8.